The molecule has 8 nitrogen and oxygen atoms in total. The molecule has 180 valence electrons. The largest absolute Gasteiger partial charge is 0.354 e. The number of benzene rings is 2. The van der Waals surface area contributed by atoms with Crippen molar-refractivity contribution in [3.05, 3.63) is 83.6 Å². The summed E-state index contributed by atoms with van der Waals surface area (Å²) in [7, 11) is -2.33. The number of nitrogens with zero attached hydrogens (tertiary/aromatic N) is 5. The van der Waals surface area contributed by atoms with Gasteiger partial charge in [-0.3, -0.25) is 9.10 Å². The monoisotopic (exact) mass is 489 g/mol. The van der Waals surface area contributed by atoms with Crippen molar-refractivity contribution in [2.24, 2.45) is 0 Å². The zero-order valence-corrected chi connectivity index (χ0v) is 20.6. The predicted molar refractivity (Wildman–Crippen MR) is 135 cm³/mol. The van der Waals surface area contributed by atoms with E-state index in [1.54, 1.807) is 47.5 Å². The predicted octanol–water partition coefficient (Wildman–Crippen LogP) is 3.44. The van der Waals surface area contributed by atoms with Crippen molar-refractivity contribution in [2.45, 2.75) is 18.2 Å². The molecule has 9 heteroatoms. The summed E-state index contributed by atoms with van der Waals surface area (Å²) in [5.74, 6) is 0.403. The van der Waals surface area contributed by atoms with E-state index in [0.717, 1.165) is 5.56 Å². The van der Waals surface area contributed by atoms with Crippen molar-refractivity contribution in [3.63, 3.8) is 0 Å². The Morgan fingerprint density at radius 3 is 2.54 bits per heavy atom. The molecule has 1 fully saturated rings. The normalized spacial score (nSPS) is 14.2. The van der Waals surface area contributed by atoms with E-state index < -0.39 is 10.0 Å². The second-order valence-electron chi connectivity index (χ2n) is 8.46. The van der Waals surface area contributed by atoms with Crippen LogP contribution in [0, 0.1) is 18.3 Å². The molecule has 0 bridgehead atoms. The van der Waals surface area contributed by atoms with Crippen LogP contribution >= 0.6 is 0 Å². The SMILES string of the molecule is Cc1ccc(N(C)S(=O)(=O)c2cccc(C(=O)N3CCCN(c4ncccc4C#N)CC3)c2)cc1. The molecule has 3 aromatic rings. The molecule has 1 aliphatic heterocycles. The van der Waals surface area contributed by atoms with E-state index in [1.165, 1.54) is 23.5 Å². The smallest absolute Gasteiger partial charge is 0.264 e. The van der Waals surface area contributed by atoms with E-state index in [9.17, 15) is 18.5 Å². The number of aryl methyl sites for hydroxylation is 1. The van der Waals surface area contributed by atoms with Crippen molar-refractivity contribution in [1.29, 1.82) is 5.26 Å². The van der Waals surface area contributed by atoms with Crippen LogP contribution in [0.5, 0.6) is 0 Å². The van der Waals surface area contributed by atoms with E-state index in [-0.39, 0.29) is 10.8 Å². The molecule has 2 aromatic carbocycles. The fraction of sp³-hybridized carbons (Fsp3) is 0.269. The van der Waals surface area contributed by atoms with Gasteiger partial charge in [0.15, 0.2) is 0 Å². The maximum atomic E-state index is 13.3. The third kappa shape index (κ3) is 5.12. The van der Waals surface area contributed by atoms with Crippen LogP contribution in [-0.2, 0) is 10.0 Å². The maximum absolute atomic E-state index is 13.3. The summed E-state index contributed by atoms with van der Waals surface area (Å²) in [6, 6.07) is 19.0. The number of anilines is 2. The third-order valence-electron chi connectivity index (χ3n) is 6.13. The number of carbonyl (C=O) groups excluding carboxylic acids is 1. The molecule has 1 amide bonds. The van der Waals surface area contributed by atoms with Gasteiger partial charge in [0, 0.05) is 45.0 Å². The molecule has 0 unspecified atom stereocenters. The fourth-order valence-electron chi connectivity index (χ4n) is 4.09. The lowest BCUT2D eigenvalue weighted by molar-refractivity contribution is 0.0766. The number of rotatable bonds is 5. The average Bonchev–Trinajstić information content (AvgIpc) is 3.14. The number of aromatic nitrogens is 1. The molecule has 0 N–H and O–H groups in total. The van der Waals surface area contributed by atoms with Crippen molar-refractivity contribution >= 4 is 27.4 Å². The first-order valence-corrected chi connectivity index (χ1v) is 12.8. The van der Waals surface area contributed by atoms with Crippen LogP contribution in [0.1, 0.15) is 27.9 Å². The summed E-state index contributed by atoms with van der Waals surface area (Å²) in [4.78, 5) is 21.5. The molecule has 2 heterocycles. The topological polar surface area (TPSA) is 97.6 Å². The lowest BCUT2D eigenvalue weighted by atomic mass is 10.2. The number of pyridine rings is 1. The first kappa shape index (κ1) is 24.2. The quantitative estimate of drug-likeness (QED) is 0.545. The van der Waals surface area contributed by atoms with Gasteiger partial charge in [0.1, 0.15) is 11.9 Å². The number of carbonyl (C=O) groups is 1. The molecule has 0 atom stereocenters. The minimum Gasteiger partial charge on any atom is -0.354 e. The summed E-state index contributed by atoms with van der Waals surface area (Å²) < 4.78 is 27.7. The standard InChI is InChI=1S/C26H27N5O3S/c1-20-9-11-23(12-10-20)29(2)35(33,34)24-8-3-6-21(18-24)26(32)31-15-5-14-30(16-17-31)25-22(19-27)7-4-13-28-25/h3-4,6-13,18H,5,14-17H2,1-2H3. The number of nitriles is 1. The van der Waals surface area contributed by atoms with Crippen molar-refractivity contribution in [1.82, 2.24) is 9.88 Å². The molecule has 1 aliphatic rings. The van der Waals surface area contributed by atoms with Gasteiger partial charge in [-0.1, -0.05) is 23.8 Å². The second kappa shape index (κ2) is 10.2. The Morgan fingerprint density at radius 1 is 1.03 bits per heavy atom. The highest BCUT2D eigenvalue weighted by atomic mass is 32.2. The Hall–Kier alpha value is -3.90. The number of sulfonamides is 1. The van der Waals surface area contributed by atoms with Crippen LogP contribution in [0.15, 0.2) is 71.8 Å². The fourth-order valence-corrected chi connectivity index (χ4v) is 5.33. The van der Waals surface area contributed by atoms with Crippen LogP contribution in [0.2, 0.25) is 0 Å². The van der Waals surface area contributed by atoms with Crippen molar-refractivity contribution < 1.29 is 13.2 Å². The molecule has 1 aromatic heterocycles. The molecular formula is C26H27N5O3S. The second-order valence-corrected chi connectivity index (χ2v) is 10.4. The number of hydrogen-bond acceptors (Lipinski definition) is 6. The summed E-state index contributed by atoms with van der Waals surface area (Å²) in [5, 5.41) is 9.39. The molecule has 4 rings (SSSR count). The van der Waals surface area contributed by atoms with Gasteiger partial charge in [-0.15, -0.1) is 0 Å². The van der Waals surface area contributed by atoms with Gasteiger partial charge in [-0.25, -0.2) is 13.4 Å². The van der Waals surface area contributed by atoms with Gasteiger partial charge in [-0.05, 0) is 55.8 Å². The zero-order chi connectivity index (χ0) is 25.0. The van der Waals surface area contributed by atoms with Crippen LogP contribution < -0.4 is 9.21 Å². The number of amides is 1. The van der Waals surface area contributed by atoms with Crippen LogP contribution in [0.25, 0.3) is 0 Å². The maximum Gasteiger partial charge on any atom is 0.264 e. The van der Waals surface area contributed by atoms with E-state index in [2.05, 4.69) is 11.1 Å². The lowest BCUT2D eigenvalue weighted by Crippen LogP contribution is -2.35. The van der Waals surface area contributed by atoms with Crippen molar-refractivity contribution in [3.8, 4) is 6.07 Å². The molecule has 0 saturated carbocycles. The molecule has 0 aliphatic carbocycles. The lowest BCUT2D eigenvalue weighted by Gasteiger charge is -2.24. The van der Waals surface area contributed by atoms with Crippen molar-refractivity contribution in [2.75, 3.05) is 42.4 Å². The van der Waals surface area contributed by atoms with Crippen LogP contribution in [-0.4, -0.2) is 57.4 Å². The number of hydrogen-bond donors (Lipinski definition) is 0. The van der Waals surface area contributed by atoms with E-state index in [1.807, 2.05) is 24.0 Å². The highest BCUT2D eigenvalue weighted by Crippen LogP contribution is 2.24. The average molecular weight is 490 g/mol. The van der Waals surface area contributed by atoms with E-state index >= 15 is 0 Å². The van der Waals surface area contributed by atoms with Crippen LogP contribution in [0.3, 0.4) is 0 Å². The van der Waals surface area contributed by atoms with Gasteiger partial charge in [-0.2, -0.15) is 5.26 Å². The van der Waals surface area contributed by atoms with Gasteiger partial charge in [0.25, 0.3) is 15.9 Å². The molecule has 0 spiro atoms. The molecule has 1 saturated heterocycles. The zero-order valence-electron chi connectivity index (χ0n) is 19.8. The highest BCUT2D eigenvalue weighted by Gasteiger charge is 2.25. The summed E-state index contributed by atoms with van der Waals surface area (Å²) in [6.45, 7) is 4.12. The summed E-state index contributed by atoms with van der Waals surface area (Å²) >= 11 is 0. The minimum atomic E-state index is -3.84. The summed E-state index contributed by atoms with van der Waals surface area (Å²) in [5.41, 5.74) is 2.41. The Labute approximate surface area is 206 Å². The van der Waals surface area contributed by atoms with Gasteiger partial charge < -0.3 is 9.80 Å². The minimum absolute atomic E-state index is 0.0648. The Morgan fingerprint density at radius 2 is 1.80 bits per heavy atom. The molecule has 35 heavy (non-hydrogen) atoms. The van der Waals surface area contributed by atoms with Crippen LogP contribution in [0.4, 0.5) is 11.5 Å². The third-order valence-corrected chi connectivity index (χ3v) is 7.91. The Kier molecular flexibility index (Phi) is 7.03. The van der Waals surface area contributed by atoms with Gasteiger partial charge >= 0.3 is 0 Å². The van der Waals surface area contributed by atoms with Gasteiger partial charge in [0.2, 0.25) is 0 Å². The molecular weight excluding hydrogens is 462 g/mol. The highest BCUT2D eigenvalue weighted by molar-refractivity contribution is 7.92. The van der Waals surface area contributed by atoms with Gasteiger partial charge in [0.05, 0.1) is 16.1 Å². The first-order valence-electron chi connectivity index (χ1n) is 11.4. The molecule has 0 radical (unpaired) electrons. The first-order chi connectivity index (χ1) is 16.8. The Bertz CT molecular complexity index is 1370. The summed E-state index contributed by atoms with van der Waals surface area (Å²) in [6.07, 6.45) is 2.37. The van der Waals surface area contributed by atoms with E-state index in [4.69, 9.17) is 0 Å². The van der Waals surface area contributed by atoms with E-state index in [0.29, 0.717) is 55.2 Å². The Balaban J connectivity index is 1.52.